The van der Waals surface area contributed by atoms with Crippen molar-refractivity contribution in [1.82, 2.24) is 4.98 Å². The Balaban J connectivity index is 2.45. The summed E-state index contributed by atoms with van der Waals surface area (Å²) in [6.45, 7) is 8.04. The Morgan fingerprint density at radius 3 is 2.60 bits per heavy atom. The van der Waals surface area contributed by atoms with Gasteiger partial charge in [0.15, 0.2) is 5.76 Å². The normalized spacial score (nSPS) is 10.8. The number of ether oxygens (including phenoxy) is 1. The van der Waals surface area contributed by atoms with Gasteiger partial charge in [0.05, 0.1) is 17.9 Å². The van der Waals surface area contributed by atoms with Gasteiger partial charge < -0.3 is 9.15 Å². The molecule has 0 aliphatic carbocycles. The summed E-state index contributed by atoms with van der Waals surface area (Å²) in [4.78, 5) is 16.5. The summed E-state index contributed by atoms with van der Waals surface area (Å²) in [6, 6.07) is 7.32. The highest BCUT2D eigenvalue weighted by Crippen LogP contribution is 2.25. The van der Waals surface area contributed by atoms with E-state index in [1.807, 2.05) is 32.9 Å². The van der Waals surface area contributed by atoms with Gasteiger partial charge in [-0.2, -0.15) is 0 Å². The maximum absolute atomic E-state index is 11.9. The van der Waals surface area contributed by atoms with E-state index < -0.39 is 0 Å². The number of pyridine rings is 1. The van der Waals surface area contributed by atoms with Gasteiger partial charge in [0.2, 0.25) is 0 Å². The maximum atomic E-state index is 11.9. The Labute approximate surface area is 118 Å². The molecule has 0 atom stereocenters. The van der Waals surface area contributed by atoms with Gasteiger partial charge in [-0.15, -0.1) is 0 Å². The van der Waals surface area contributed by atoms with E-state index in [1.165, 1.54) is 0 Å². The predicted octanol–water partition coefficient (Wildman–Crippen LogP) is 3.95. The van der Waals surface area contributed by atoms with Crippen molar-refractivity contribution in [2.75, 3.05) is 6.61 Å². The second-order valence-corrected chi connectivity index (χ2v) is 4.91. The largest absolute Gasteiger partial charge is 0.462 e. The van der Waals surface area contributed by atoms with Crippen LogP contribution in [0.1, 0.15) is 48.5 Å². The molecular formula is C16H19NO3. The number of esters is 1. The molecule has 2 heterocycles. The lowest BCUT2D eigenvalue weighted by molar-refractivity contribution is 0.0524. The second-order valence-electron chi connectivity index (χ2n) is 4.91. The Bertz CT molecular complexity index is 614. The lowest BCUT2D eigenvalue weighted by Gasteiger charge is -2.12. The molecule has 0 aliphatic heterocycles. The molecule has 20 heavy (non-hydrogen) atoms. The Kier molecular flexibility index (Phi) is 4.23. The minimum absolute atomic E-state index is 0.130. The van der Waals surface area contributed by atoms with Gasteiger partial charge in [-0.05, 0) is 44.0 Å². The van der Waals surface area contributed by atoms with Crippen LogP contribution in [0.3, 0.4) is 0 Å². The molecule has 2 aromatic heterocycles. The van der Waals surface area contributed by atoms with E-state index >= 15 is 0 Å². The minimum atomic E-state index is -0.328. The lowest BCUT2D eigenvalue weighted by Crippen LogP contribution is -2.11. The van der Waals surface area contributed by atoms with Crippen LogP contribution in [0.5, 0.6) is 0 Å². The quantitative estimate of drug-likeness (QED) is 0.791. The highest BCUT2D eigenvalue weighted by molar-refractivity contribution is 5.91. The molecule has 0 bridgehead atoms. The molecule has 4 heteroatoms. The number of nitrogens with zero attached hydrogens (tertiary/aromatic N) is 1. The van der Waals surface area contributed by atoms with Crippen molar-refractivity contribution >= 4 is 5.97 Å². The zero-order chi connectivity index (χ0) is 14.7. The van der Waals surface area contributed by atoms with Crippen molar-refractivity contribution < 1.29 is 13.9 Å². The second kappa shape index (κ2) is 5.90. The van der Waals surface area contributed by atoms with Crippen LogP contribution in [0, 0.1) is 6.92 Å². The molecule has 2 aromatic rings. The van der Waals surface area contributed by atoms with Crippen LogP contribution >= 0.6 is 0 Å². The first-order valence-corrected chi connectivity index (χ1v) is 6.77. The topological polar surface area (TPSA) is 52.3 Å². The Morgan fingerprint density at radius 2 is 2.05 bits per heavy atom. The van der Waals surface area contributed by atoms with Gasteiger partial charge in [-0.1, -0.05) is 13.8 Å². The Morgan fingerprint density at radius 1 is 1.30 bits per heavy atom. The number of furan rings is 1. The van der Waals surface area contributed by atoms with Gasteiger partial charge in [0, 0.05) is 0 Å². The molecule has 0 saturated carbocycles. The van der Waals surface area contributed by atoms with Crippen molar-refractivity contribution in [1.29, 1.82) is 0 Å². The number of hydrogen-bond donors (Lipinski definition) is 0. The van der Waals surface area contributed by atoms with E-state index in [9.17, 15) is 4.79 Å². The number of carbonyl (C=O) groups is 1. The fourth-order valence-electron chi connectivity index (χ4n) is 2.01. The molecule has 0 N–H and O–H groups in total. The van der Waals surface area contributed by atoms with Crippen LogP contribution in [-0.2, 0) is 4.74 Å². The zero-order valence-electron chi connectivity index (χ0n) is 12.3. The summed E-state index contributed by atoms with van der Waals surface area (Å²) in [5, 5.41) is 0. The minimum Gasteiger partial charge on any atom is -0.462 e. The van der Waals surface area contributed by atoms with Crippen LogP contribution in [0.2, 0.25) is 0 Å². The fraction of sp³-hybridized carbons (Fsp3) is 0.375. The molecule has 106 valence electrons. The molecule has 4 nitrogen and oxygen atoms in total. The first-order valence-electron chi connectivity index (χ1n) is 6.77. The van der Waals surface area contributed by atoms with Crippen molar-refractivity contribution in [2.24, 2.45) is 0 Å². The number of aryl methyl sites for hydroxylation is 1. The molecule has 0 radical (unpaired) electrons. The van der Waals surface area contributed by atoms with E-state index in [1.54, 1.807) is 19.1 Å². The van der Waals surface area contributed by atoms with Gasteiger partial charge in [-0.3, -0.25) is 0 Å². The van der Waals surface area contributed by atoms with Crippen LogP contribution in [-0.4, -0.2) is 17.6 Å². The van der Waals surface area contributed by atoms with Crippen molar-refractivity contribution in [3.63, 3.8) is 0 Å². The standard InChI is InChI=1S/C16H19NO3/c1-5-19-16(18)12-7-8-13(17-15(12)10(2)3)14-9-6-11(4)20-14/h6-10H,5H2,1-4H3. The monoisotopic (exact) mass is 273 g/mol. The van der Waals surface area contributed by atoms with Gasteiger partial charge in [-0.25, -0.2) is 9.78 Å². The summed E-state index contributed by atoms with van der Waals surface area (Å²) in [5.41, 5.74) is 1.98. The fourth-order valence-corrected chi connectivity index (χ4v) is 2.01. The maximum Gasteiger partial charge on any atom is 0.339 e. The molecule has 0 unspecified atom stereocenters. The highest BCUT2D eigenvalue weighted by Gasteiger charge is 2.18. The van der Waals surface area contributed by atoms with E-state index in [2.05, 4.69) is 4.98 Å². The number of carbonyl (C=O) groups excluding carboxylic acids is 1. The van der Waals surface area contributed by atoms with Crippen molar-refractivity contribution in [3.05, 3.63) is 41.3 Å². The molecule has 0 amide bonds. The number of rotatable bonds is 4. The predicted molar refractivity (Wildman–Crippen MR) is 76.7 cm³/mol. The highest BCUT2D eigenvalue weighted by atomic mass is 16.5. The first-order chi connectivity index (χ1) is 9.52. The third-order valence-electron chi connectivity index (χ3n) is 2.96. The molecule has 0 spiro atoms. The zero-order valence-corrected chi connectivity index (χ0v) is 12.3. The summed E-state index contributed by atoms with van der Waals surface area (Å²) in [6.07, 6.45) is 0. The third-order valence-corrected chi connectivity index (χ3v) is 2.96. The van der Waals surface area contributed by atoms with E-state index in [0.717, 1.165) is 17.1 Å². The molecule has 0 fully saturated rings. The summed E-state index contributed by atoms with van der Waals surface area (Å²) in [7, 11) is 0. The third kappa shape index (κ3) is 2.90. The first kappa shape index (κ1) is 14.3. The van der Waals surface area contributed by atoms with Crippen LogP contribution in [0.15, 0.2) is 28.7 Å². The van der Waals surface area contributed by atoms with E-state index in [0.29, 0.717) is 17.9 Å². The summed E-state index contributed by atoms with van der Waals surface area (Å²) in [5.74, 6) is 1.35. The Hall–Kier alpha value is -2.10. The van der Waals surface area contributed by atoms with Crippen LogP contribution in [0.4, 0.5) is 0 Å². The smallest absolute Gasteiger partial charge is 0.339 e. The average Bonchev–Trinajstić information content (AvgIpc) is 2.85. The molecule has 0 aliphatic rings. The van der Waals surface area contributed by atoms with Gasteiger partial charge in [0.1, 0.15) is 11.5 Å². The van der Waals surface area contributed by atoms with Gasteiger partial charge >= 0.3 is 5.97 Å². The molecular weight excluding hydrogens is 254 g/mol. The van der Waals surface area contributed by atoms with E-state index in [4.69, 9.17) is 9.15 Å². The lowest BCUT2D eigenvalue weighted by atomic mass is 10.0. The SMILES string of the molecule is CCOC(=O)c1ccc(-c2ccc(C)o2)nc1C(C)C. The summed E-state index contributed by atoms with van der Waals surface area (Å²) < 4.78 is 10.6. The van der Waals surface area contributed by atoms with Gasteiger partial charge in [0.25, 0.3) is 0 Å². The van der Waals surface area contributed by atoms with Crippen molar-refractivity contribution in [2.45, 2.75) is 33.6 Å². The van der Waals surface area contributed by atoms with Crippen LogP contribution in [0.25, 0.3) is 11.5 Å². The van der Waals surface area contributed by atoms with E-state index in [-0.39, 0.29) is 11.9 Å². The van der Waals surface area contributed by atoms with Crippen LogP contribution < -0.4 is 0 Å². The summed E-state index contributed by atoms with van der Waals surface area (Å²) >= 11 is 0. The van der Waals surface area contributed by atoms with Crippen molar-refractivity contribution in [3.8, 4) is 11.5 Å². The molecule has 0 saturated heterocycles. The average molecular weight is 273 g/mol. The number of aromatic nitrogens is 1. The number of hydrogen-bond acceptors (Lipinski definition) is 4. The molecule has 0 aromatic carbocycles. The molecule has 2 rings (SSSR count).